The molecule has 0 bridgehead atoms. The molecule has 3 heterocycles. The predicted molar refractivity (Wildman–Crippen MR) is 86.1 cm³/mol. The maximum Gasteiger partial charge on any atom is 0.330 e. The number of aryl methyl sites for hydroxylation is 1. The molecule has 2 N–H and O–H groups in total. The van der Waals surface area contributed by atoms with E-state index in [1.807, 2.05) is 0 Å². The van der Waals surface area contributed by atoms with Gasteiger partial charge >= 0.3 is 5.69 Å². The van der Waals surface area contributed by atoms with Crippen LogP contribution in [0, 0.1) is 6.92 Å². The summed E-state index contributed by atoms with van der Waals surface area (Å²) in [6, 6.07) is 0. The van der Waals surface area contributed by atoms with E-state index in [9.17, 15) is 19.5 Å². The number of rotatable bonds is 1. The van der Waals surface area contributed by atoms with Gasteiger partial charge in [0.05, 0.1) is 6.10 Å². The van der Waals surface area contributed by atoms with E-state index < -0.39 is 35.3 Å². The summed E-state index contributed by atoms with van der Waals surface area (Å²) in [5.41, 5.74) is -1.50. The summed E-state index contributed by atoms with van der Waals surface area (Å²) in [6.07, 6.45) is 5.86. The van der Waals surface area contributed by atoms with Crippen molar-refractivity contribution in [1.29, 1.82) is 0 Å². The molecule has 2 fully saturated rings. The highest BCUT2D eigenvalue weighted by Gasteiger charge is 2.52. The number of aliphatic hydroxyl groups is 1. The maximum absolute atomic E-state index is 12.1. The van der Waals surface area contributed by atoms with Gasteiger partial charge in [-0.3, -0.25) is 19.1 Å². The van der Waals surface area contributed by atoms with Gasteiger partial charge in [0.1, 0.15) is 17.8 Å². The Balaban J connectivity index is 1.63. The lowest BCUT2D eigenvalue weighted by molar-refractivity contribution is -0.132. The van der Waals surface area contributed by atoms with Crippen LogP contribution < -0.4 is 11.2 Å². The smallest absolute Gasteiger partial charge is 0.330 e. The quantitative estimate of drug-likeness (QED) is 0.723. The van der Waals surface area contributed by atoms with Crippen LogP contribution in [0.15, 0.2) is 40.1 Å². The van der Waals surface area contributed by atoms with Crippen LogP contribution in [0.3, 0.4) is 0 Å². The van der Waals surface area contributed by atoms with Crippen molar-refractivity contribution in [1.82, 2.24) is 9.55 Å². The van der Waals surface area contributed by atoms with Crippen molar-refractivity contribution in [2.24, 2.45) is 0 Å². The number of fused-ring (bicyclic) bond motifs is 1. The molecule has 1 aromatic rings. The Labute approximate surface area is 142 Å². The molecule has 8 heteroatoms. The van der Waals surface area contributed by atoms with Crippen LogP contribution in [0.4, 0.5) is 0 Å². The van der Waals surface area contributed by atoms with Gasteiger partial charge in [0.2, 0.25) is 0 Å². The number of aliphatic hydroxyl groups excluding tert-OH is 1. The normalized spacial score (nSPS) is 33.0. The maximum atomic E-state index is 12.1. The monoisotopic (exact) mass is 346 g/mol. The van der Waals surface area contributed by atoms with Crippen LogP contribution >= 0.6 is 0 Å². The molecule has 2 aliphatic heterocycles. The van der Waals surface area contributed by atoms with E-state index in [1.165, 1.54) is 22.9 Å². The standard InChI is InChI=1S/C17H18N2O6/c1-9-8-19(16(23)18-14(9)22)15-12(21)13-11(24-15)4-7-17(25-13)5-2-10(20)3-6-17/h2-3,5-6,8,11-13,15,21H,4,7H2,1H3,(H,18,22,23)/t11-,12-,13+,15-/m1/s1. The third kappa shape index (κ3) is 2.62. The number of carbonyl (C=O) groups is 1. The summed E-state index contributed by atoms with van der Waals surface area (Å²) in [4.78, 5) is 37.2. The highest BCUT2D eigenvalue weighted by Crippen LogP contribution is 2.42. The van der Waals surface area contributed by atoms with Crippen molar-refractivity contribution in [2.45, 2.75) is 49.9 Å². The average Bonchev–Trinajstić information content (AvgIpc) is 2.90. The minimum Gasteiger partial charge on any atom is -0.386 e. The Hall–Kier alpha value is -2.29. The van der Waals surface area contributed by atoms with Gasteiger partial charge in [0.25, 0.3) is 5.56 Å². The average molecular weight is 346 g/mol. The van der Waals surface area contributed by atoms with Crippen LogP contribution in [-0.2, 0) is 14.3 Å². The first kappa shape index (κ1) is 16.2. The topological polar surface area (TPSA) is 111 Å². The fourth-order valence-corrected chi connectivity index (χ4v) is 3.59. The highest BCUT2D eigenvalue weighted by atomic mass is 16.6. The number of aromatic nitrogens is 2. The van der Waals surface area contributed by atoms with Crippen LogP contribution in [0.2, 0.25) is 0 Å². The molecule has 2 saturated heterocycles. The first-order valence-electron chi connectivity index (χ1n) is 8.14. The van der Waals surface area contributed by atoms with Gasteiger partial charge in [-0.2, -0.15) is 0 Å². The largest absolute Gasteiger partial charge is 0.386 e. The molecule has 0 saturated carbocycles. The van der Waals surface area contributed by atoms with Crippen LogP contribution in [0.1, 0.15) is 24.6 Å². The number of nitrogens with zero attached hydrogens (tertiary/aromatic N) is 1. The summed E-state index contributed by atoms with van der Waals surface area (Å²) in [6.45, 7) is 1.57. The molecular weight excluding hydrogens is 328 g/mol. The van der Waals surface area contributed by atoms with Gasteiger partial charge in [-0.15, -0.1) is 0 Å². The van der Waals surface area contributed by atoms with Gasteiger partial charge in [-0.05, 0) is 44.1 Å². The molecule has 0 amide bonds. The molecule has 0 radical (unpaired) electrons. The van der Waals surface area contributed by atoms with E-state index in [0.29, 0.717) is 18.4 Å². The van der Waals surface area contributed by atoms with E-state index in [1.54, 1.807) is 19.1 Å². The number of carbonyl (C=O) groups excluding carboxylic acids is 1. The lowest BCUT2D eigenvalue weighted by Gasteiger charge is -2.39. The first-order chi connectivity index (χ1) is 11.9. The van der Waals surface area contributed by atoms with Gasteiger partial charge in [0.15, 0.2) is 12.0 Å². The molecule has 0 aromatic carbocycles. The summed E-state index contributed by atoms with van der Waals surface area (Å²) >= 11 is 0. The van der Waals surface area contributed by atoms with E-state index in [0.717, 1.165) is 0 Å². The Bertz CT molecular complexity index is 879. The van der Waals surface area contributed by atoms with E-state index in [2.05, 4.69) is 4.98 Å². The Morgan fingerprint density at radius 3 is 2.72 bits per heavy atom. The molecule has 4 atom stereocenters. The number of H-pyrrole nitrogens is 1. The van der Waals surface area contributed by atoms with Crippen molar-refractivity contribution < 1.29 is 19.4 Å². The van der Waals surface area contributed by atoms with E-state index >= 15 is 0 Å². The molecule has 3 aliphatic rings. The second-order valence-corrected chi connectivity index (χ2v) is 6.68. The van der Waals surface area contributed by atoms with Crippen molar-refractivity contribution in [3.05, 3.63) is 56.9 Å². The molecule has 1 aromatic heterocycles. The van der Waals surface area contributed by atoms with Crippen LogP contribution in [0.5, 0.6) is 0 Å². The lowest BCUT2D eigenvalue weighted by atomic mass is 9.86. The minimum atomic E-state index is -1.08. The molecule has 4 rings (SSSR count). The van der Waals surface area contributed by atoms with Crippen molar-refractivity contribution in [3.8, 4) is 0 Å². The third-order valence-corrected chi connectivity index (χ3v) is 4.96. The number of hydrogen-bond acceptors (Lipinski definition) is 6. The number of hydrogen-bond donors (Lipinski definition) is 2. The molecule has 1 spiro atoms. The minimum absolute atomic E-state index is 0.104. The van der Waals surface area contributed by atoms with Crippen LogP contribution in [-0.4, -0.2) is 44.4 Å². The molecule has 25 heavy (non-hydrogen) atoms. The number of allylic oxidation sites excluding steroid dienone is 2. The zero-order valence-corrected chi connectivity index (χ0v) is 13.5. The summed E-state index contributed by atoms with van der Waals surface area (Å²) in [5.74, 6) is -0.104. The number of nitrogens with one attached hydrogen (secondary N) is 1. The summed E-state index contributed by atoms with van der Waals surface area (Å²) < 4.78 is 13.1. The third-order valence-electron chi connectivity index (χ3n) is 4.96. The fourth-order valence-electron chi connectivity index (χ4n) is 3.59. The van der Waals surface area contributed by atoms with Crippen molar-refractivity contribution in [2.75, 3.05) is 0 Å². The number of ether oxygens (including phenoxy) is 2. The summed E-state index contributed by atoms with van der Waals surface area (Å²) in [5, 5.41) is 10.7. The van der Waals surface area contributed by atoms with Gasteiger partial charge in [-0.1, -0.05) is 0 Å². The first-order valence-corrected chi connectivity index (χ1v) is 8.14. The van der Waals surface area contributed by atoms with Gasteiger partial charge < -0.3 is 14.6 Å². The highest BCUT2D eigenvalue weighted by molar-refractivity contribution is 6.00. The zero-order chi connectivity index (χ0) is 17.8. The Kier molecular flexibility index (Phi) is 3.64. The van der Waals surface area contributed by atoms with Gasteiger partial charge in [-0.25, -0.2) is 4.79 Å². The molecule has 132 valence electrons. The van der Waals surface area contributed by atoms with E-state index in [4.69, 9.17) is 9.47 Å². The second-order valence-electron chi connectivity index (χ2n) is 6.68. The van der Waals surface area contributed by atoms with Gasteiger partial charge in [0, 0.05) is 11.8 Å². The van der Waals surface area contributed by atoms with Crippen molar-refractivity contribution in [3.63, 3.8) is 0 Å². The van der Waals surface area contributed by atoms with Crippen LogP contribution in [0.25, 0.3) is 0 Å². The van der Waals surface area contributed by atoms with E-state index in [-0.39, 0.29) is 11.9 Å². The number of ketones is 1. The molecular formula is C17H18N2O6. The SMILES string of the molecule is Cc1cn([C@@H]2O[C@@H]3CCC4(C=CC(=O)C=C4)O[C@@H]3[C@H]2O)c(=O)[nH]c1=O. The predicted octanol–water partition coefficient (Wildman–Crippen LogP) is -0.284. The lowest BCUT2D eigenvalue weighted by Crippen LogP contribution is -2.48. The second kappa shape index (κ2) is 5.62. The fraction of sp³-hybridized carbons (Fsp3) is 0.471. The number of aromatic amines is 1. The molecule has 8 nitrogen and oxygen atoms in total. The Morgan fingerprint density at radius 1 is 1.28 bits per heavy atom. The van der Waals surface area contributed by atoms with Crippen molar-refractivity contribution >= 4 is 5.78 Å². The zero-order valence-electron chi connectivity index (χ0n) is 13.5. The Morgan fingerprint density at radius 2 is 2.00 bits per heavy atom. The molecule has 0 unspecified atom stereocenters. The summed E-state index contributed by atoms with van der Waals surface area (Å²) in [7, 11) is 0. The molecule has 1 aliphatic carbocycles.